The second-order valence-electron chi connectivity index (χ2n) is 7.40. The van der Waals surface area contributed by atoms with Crippen molar-refractivity contribution in [2.45, 2.75) is 36.9 Å². The van der Waals surface area contributed by atoms with Crippen LogP contribution in [0.5, 0.6) is 0 Å². The summed E-state index contributed by atoms with van der Waals surface area (Å²) in [4.78, 5) is 12.6. The van der Waals surface area contributed by atoms with Crippen LogP contribution in [0.4, 0.5) is 36.4 Å². The molecular formula is C20H13Cl3F7N3OS. The fraction of sp³-hybridized carbons (Fsp3) is 0.300. The number of benzene rings is 1. The maximum atomic E-state index is 14.3. The van der Waals surface area contributed by atoms with Gasteiger partial charge in [0.2, 0.25) is 0 Å². The van der Waals surface area contributed by atoms with E-state index in [4.69, 9.17) is 40.2 Å². The molecule has 3 rings (SSSR count). The number of amides is 1. The number of anilines is 1. The fourth-order valence-electron chi connectivity index (χ4n) is 2.89. The highest BCUT2D eigenvalue weighted by molar-refractivity contribution is 7.17. The Kier molecular flexibility index (Phi) is 7.71. The fourth-order valence-corrected chi connectivity index (χ4v) is 4.74. The van der Waals surface area contributed by atoms with E-state index in [1.807, 2.05) is 0 Å². The molecule has 2 aromatic rings. The lowest BCUT2D eigenvalue weighted by Crippen LogP contribution is -2.50. The molecule has 0 atom stereocenters. The number of nitrogens with one attached hydrogen (secondary N) is 3. The molecule has 4 nitrogen and oxygen atoms in total. The number of hydrogen-bond donors (Lipinski definition) is 3. The van der Waals surface area contributed by atoms with Crippen molar-refractivity contribution < 1.29 is 35.5 Å². The molecule has 3 N–H and O–H groups in total. The van der Waals surface area contributed by atoms with E-state index in [-0.39, 0.29) is 39.3 Å². The van der Waals surface area contributed by atoms with Crippen LogP contribution >= 0.6 is 46.1 Å². The van der Waals surface area contributed by atoms with Crippen LogP contribution in [0.3, 0.4) is 0 Å². The van der Waals surface area contributed by atoms with Crippen LogP contribution in [0, 0.1) is 5.41 Å². The lowest BCUT2D eigenvalue weighted by Gasteiger charge is -2.30. The summed E-state index contributed by atoms with van der Waals surface area (Å²) < 4.78 is 92.7. The van der Waals surface area contributed by atoms with Crippen LogP contribution in [-0.4, -0.2) is 30.5 Å². The van der Waals surface area contributed by atoms with Gasteiger partial charge in [0.15, 0.2) is 0 Å². The van der Waals surface area contributed by atoms with Crippen LogP contribution in [0.2, 0.25) is 14.4 Å². The average molecular weight is 583 g/mol. The Hall–Kier alpha value is -2.02. The van der Waals surface area contributed by atoms with E-state index >= 15 is 0 Å². The maximum absolute atomic E-state index is 14.3. The van der Waals surface area contributed by atoms with Crippen molar-refractivity contribution in [3.63, 3.8) is 0 Å². The molecule has 35 heavy (non-hydrogen) atoms. The van der Waals surface area contributed by atoms with Gasteiger partial charge in [0, 0.05) is 34.5 Å². The van der Waals surface area contributed by atoms with Gasteiger partial charge in [0.05, 0.1) is 21.3 Å². The summed E-state index contributed by atoms with van der Waals surface area (Å²) >= 11 is 18.7. The molecule has 1 fully saturated rings. The molecule has 1 aromatic carbocycles. The Bertz CT molecular complexity index is 1150. The topological polar surface area (TPSA) is 65.0 Å². The molecule has 0 saturated heterocycles. The standard InChI is InChI=1S/C20H13Cl3F7N3OS/c21-12-3-9(18(24,19(25,26)27)20(28,29)30)4-13(22)15(12)32-7-8(6-31)14-5-11(16(23)35-14)17(34)33-10-1-2-10/h3-7,10,31-32H,1-2H2,(H,33,34)/b8-7+,31-6?. The smallest absolute Gasteiger partial charge is 0.359 e. The highest BCUT2D eigenvalue weighted by Crippen LogP contribution is 2.54. The molecule has 0 radical (unpaired) electrons. The van der Waals surface area contributed by atoms with Crippen molar-refractivity contribution in [3.8, 4) is 0 Å². The Morgan fingerprint density at radius 2 is 1.54 bits per heavy atom. The van der Waals surface area contributed by atoms with E-state index < -0.39 is 39.5 Å². The van der Waals surface area contributed by atoms with Gasteiger partial charge in [0.25, 0.3) is 5.91 Å². The van der Waals surface area contributed by atoms with Crippen molar-refractivity contribution in [1.82, 2.24) is 5.32 Å². The van der Waals surface area contributed by atoms with Crippen molar-refractivity contribution in [3.05, 3.63) is 54.8 Å². The number of hydrogen-bond acceptors (Lipinski definition) is 4. The lowest BCUT2D eigenvalue weighted by atomic mass is 9.94. The molecule has 1 aliphatic rings. The average Bonchev–Trinajstić information content (AvgIpc) is 3.46. The van der Waals surface area contributed by atoms with E-state index in [2.05, 4.69) is 10.6 Å². The van der Waals surface area contributed by atoms with Crippen molar-refractivity contribution in [2.24, 2.45) is 0 Å². The molecule has 1 saturated carbocycles. The second kappa shape index (κ2) is 9.79. The first-order chi connectivity index (χ1) is 16.1. The predicted octanol–water partition coefficient (Wildman–Crippen LogP) is 7.99. The Morgan fingerprint density at radius 1 is 1.00 bits per heavy atom. The van der Waals surface area contributed by atoms with E-state index in [1.165, 1.54) is 6.07 Å². The van der Waals surface area contributed by atoms with Gasteiger partial charge in [-0.05, 0) is 31.0 Å². The number of carbonyl (C=O) groups excluding carboxylic acids is 1. The second-order valence-corrected chi connectivity index (χ2v) is 9.87. The van der Waals surface area contributed by atoms with E-state index in [1.54, 1.807) is 0 Å². The first-order valence-electron chi connectivity index (χ1n) is 9.49. The zero-order valence-corrected chi connectivity index (χ0v) is 20.1. The van der Waals surface area contributed by atoms with Gasteiger partial charge < -0.3 is 16.0 Å². The van der Waals surface area contributed by atoms with Crippen LogP contribution in [0.25, 0.3) is 5.57 Å². The number of halogens is 10. The molecule has 0 unspecified atom stereocenters. The number of carbonyl (C=O) groups is 1. The molecule has 1 heterocycles. The molecule has 1 aromatic heterocycles. The zero-order chi connectivity index (χ0) is 26.3. The van der Waals surface area contributed by atoms with Gasteiger partial charge in [-0.2, -0.15) is 26.3 Å². The third-order valence-electron chi connectivity index (χ3n) is 4.88. The molecule has 1 amide bonds. The van der Waals surface area contributed by atoms with Gasteiger partial charge in [-0.1, -0.05) is 34.8 Å². The van der Waals surface area contributed by atoms with Crippen LogP contribution < -0.4 is 10.6 Å². The van der Waals surface area contributed by atoms with Crippen LogP contribution in [0.15, 0.2) is 24.4 Å². The van der Waals surface area contributed by atoms with E-state index in [0.717, 1.165) is 36.6 Å². The molecular weight excluding hydrogens is 570 g/mol. The summed E-state index contributed by atoms with van der Waals surface area (Å²) in [6.45, 7) is 0. The minimum atomic E-state index is -6.33. The first-order valence-corrected chi connectivity index (χ1v) is 11.4. The van der Waals surface area contributed by atoms with Crippen LogP contribution in [0.1, 0.15) is 33.6 Å². The summed E-state index contributed by atoms with van der Waals surface area (Å²) in [5, 5.41) is 11.4. The van der Waals surface area contributed by atoms with Crippen molar-refractivity contribution >= 4 is 69.5 Å². The number of allylic oxidation sites excluding steroid dienone is 1. The third kappa shape index (κ3) is 5.55. The summed E-state index contributed by atoms with van der Waals surface area (Å²) in [5.41, 5.74) is -7.58. The molecule has 1 aliphatic carbocycles. The summed E-state index contributed by atoms with van der Waals surface area (Å²) in [5.74, 6) is -0.400. The lowest BCUT2D eigenvalue weighted by molar-refractivity contribution is -0.348. The third-order valence-corrected chi connectivity index (χ3v) is 6.88. The quantitative estimate of drug-likeness (QED) is 0.229. The molecule has 0 aliphatic heterocycles. The van der Waals surface area contributed by atoms with Gasteiger partial charge in [-0.15, -0.1) is 11.3 Å². The molecule has 190 valence electrons. The Labute approximate surface area is 212 Å². The zero-order valence-electron chi connectivity index (χ0n) is 17.0. The van der Waals surface area contributed by atoms with Gasteiger partial charge in [0.1, 0.15) is 4.34 Å². The van der Waals surface area contributed by atoms with Gasteiger partial charge in [-0.3, -0.25) is 4.79 Å². The Morgan fingerprint density at radius 3 is 2.00 bits per heavy atom. The molecule has 0 bridgehead atoms. The van der Waals surface area contributed by atoms with Gasteiger partial charge in [-0.25, -0.2) is 4.39 Å². The minimum Gasteiger partial charge on any atom is -0.359 e. The highest BCUT2D eigenvalue weighted by Gasteiger charge is 2.73. The normalized spacial score (nSPS) is 15.2. The van der Waals surface area contributed by atoms with E-state index in [9.17, 15) is 35.5 Å². The van der Waals surface area contributed by atoms with Crippen molar-refractivity contribution in [2.75, 3.05) is 5.32 Å². The number of thiophene rings is 1. The highest BCUT2D eigenvalue weighted by atomic mass is 35.5. The molecule has 15 heteroatoms. The summed E-state index contributed by atoms with van der Waals surface area (Å²) in [7, 11) is 0. The van der Waals surface area contributed by atoms with Crippen molar-refractivity contribution in [1.29, 1.82) is 5.41 Å². The predicted molar refractivity (Wildman–Crippen MR) is 122 cm³/mol. The number of alkyl halides is 7. The molecule has 0 spiro atoms. The SMILES string of the molecule is N=C/C(=C\Nc1c(Cl)cc(C(F)(C(F)(F)F)C(F)(F)F)cc1Cl)c1cc(C(=O)NC2CC2)c(Cl)s1. The van der Waals surface area contributed by atoms with Gasteiger partial charge >= 0.3 is 18.0 Å². The maximum Gasteiger partial charge on any atom is 0.435 e. The van der Waals surface area contributed by atoms with E-state index in [0.29, 0.717) is 4.88 Å². The van der Waals surface area contributed by atoms with Crippen LogP contribution in [-0.2, 0) is 5.67 Å². The Balaban J connectivity index is 1.92. The largest absolute Gasteiger partial charge is 0.435 e. The summed E-state index contributed by atoms with van der Waals surface area (Å²) in [6.07, 6.45) is -8.98. The monoisotopic (exact) mass is 581 g/mol. The summed E-state index contributed by atoms with van der Waals surface area (Å²) in [6, 6.07) is 1.82. The minimum absolute atomic E-state index is 0.0753. The first kappa shape index (κ1) is 27.6. The number of rotatable bonds is 7.